The lowest BCUT2D eigenvalue weighted by Crippen LogP contribution is -2.18. The molecule has 0 bridgehead atoms. The number of para-hydroxylation sites is 1. The van der Waals surface area contributed by atoms with Gasteiger partial charge in [0.2, 0.25) is 0 Å². The van der Waals surface area contributed by atoms with Gasteiger partial charge in [-0.15, -0.1) is 0 Å². The third-order valence-corrected chi connectivity index (χ3v) is 4.24. The van der Waals surface area contributed by atoms with Gasteiger partial charge in [0.15, 0.2) is 17.6 Å². The van der Waals surface area contributed by atoms with Crippen molar-refractivity contribution in [2.75, 3.05) is 6.61 Å². The van der Waals surface area contributed by atoms with Crippen LogP contribution in [0.1, 0.15) is 47.5 Å². The van der Waals surface area contributed by atoms with E-state index in [0.717, 1.165) is 11.3 Å². The highest BCUT2D eigenvalue weighted by Gasteiger charge is 2.25. The van der Waals surface area contributed by atoms with Gasteiger partial charge in [0.1, 0.15) is 5.75 Å². The first-order valence-corrected chi connectivity index (χ1v) is 9.10. The maximum absolute atomic E-state index is 12.5. The zero-order valence-electron chi connectivity index (χ0n) is 15.9. The van der Waals surface area contributed by atoms with E-state index < -0.39 is 0 Å². The van der Waals surface area contributed by atoms with E-state index in [-0.39, 0.29) is 12.1 Å². The molecule has 0 amide bonds. The van der Waals surface area contributed by atoms with Crippen molar-refractivity contribution < 1.29 is 14.3 Å². The summed E-state index contributed by atoms with van der Waals surface area (Å²) in [5.41, 5.74) is 2.19. The summed E-state index contributed by atoms with van der Waals surface area (Å²) in [5.74, 6) is 1.09. The number of aromatic nitrogens is 2. The molecule has 0 aliphatic rings. The first-order chi connectivity index (χ1) is 13.1. The number of carbonyl (C=O) groups is 1. The number of carbonyl (C=O) groups excluding carboxylic acids is 1. The fraction of sp³-hybridized carbons (Fsp3) is 0.273. The van der Waals surface area contributed by atoms with Crippen LogP contribution in [0.4, 0.5) is 0 Å². The summed E-state index contributed by atoms with van der Waals surface area (Å²) in [7, 11) is 0. The van der Waals surface area contributed by atoms with Crippen LogP contribution in [-0.2, 0) is 11.3 Å². The molecule has 1 unspecified atom stereocenters. The molecule has 1 atom stereocenters. The smallest absolute Gasteiger partial charge is 0.356 e. The number of aryl methyl sites for hydroxylation is 1. The second kappa shape index (κ2) is 8.54. The third kappa shape index (κ3) is 4.37. The zero-order valence-corrected chi connectivity index (χ0v) is 15.9. The number of ether oxygens (including phenoxy) is 2. The fourth-order valence-corrected chi connectivity index (χ4v) is 3.04. The summed E-state index contributed by atoms with van der Waals surface area (Å²) in [6.07, 6.45) is -0.321. The molecule has 3 aromatic rings. The highest BCUT2D eigenvalue weighted by Crippen LogP contribution is 2.25. The average Bonchev–Trinajstić information content (AvgIpc) is 3.00. The van der Waals surface area contributed by atoms with E-state index in [9.17, 15) is 4.79 Å². The maximum atomic E-state index is 12.5. The molecule has 1 aromatic heterocycles. The van der Waals surface area contributed by atoms with Crippen LogP contribution < -0.4 is 4.74 Å². The molecule has 0 saturated heterocycles. The minimum absolute atomic E-state index is 0.320. The fourth-order valence-electron chi connectivity index (χ4n) is 3.04. The molecule has 0 N–H and O–H groups in total. The SMILES string of the molecule is CCOC(=O)c1c(C)nc(C(C)Oc2ccccc2)n1Cc1ccccc1. The lowest BCUT2D eigenvalue weighted by molar-refractivity contribution is 0.0512. The normalized spacial score (nSPS) is 11.8. The van der Waals surface area contributed by atoms with Crippen molar-refractivity contribution in [3.8, 4) is 5.75 Å². The van der Waals surface area contributed by atoms with Gasteiger partial charge in [-0.3, -0.25) is 0 Å². The molecule has 5 heteroatoms. The van der Waals surface area contributed by atoms with Crippen LogP contribution in [0.25, 0.3) is 0 Å². The highest BCUT2D eigenvalue weighted by atomic mass is 16.5. The lowest BCUT2D eigenvalue weighted by atomic mass is 10.2. The van der Waals surface area contributed by atoms with Crippen LogP contribution in [0.3, 0.4) is 0 Å². The molecule has 0 fully saturated rings. The largest absolute Gasteiger partial charge is 0.483 e. The van der Waals surface area contributed by atoms with Gasteiger partial charge >= 0.3 is 5.97 Å². The van der Waals surface area contributed by atoms with Crippen molar-refractivity contribution in [2.24, 2.45) is 0 Å². The summed E-state index contributed by atoms with van der Waals surface area (Å²) in [4.78, 5) is 17.2. The first kappa shape index (κ1) is 18.7. The summed E-state index contributed by atoms with van der Waals surface area (Å²) in [6.45, 7) is 6.40. The Kier molecular flexibility index (Phi) is 5.91. The predicted molar refractivity (Wildman–Crippen MR) is 104 cm³/mol. The van der Waals surface area contributed by atoms with E-state index in [4.69, 9.17) is 9.47 Å². The number of imidazole rings is 1. The molecule has 0 aliphatic heterocycles. The number of rotatable bonds is 7. The summed E-state index contributed by atoms with van der Waals surface area (Å²) >= 11 is 0. The Labute approximate surface area is 159 Å². The summed E-state index contributed by atoms with van der Waals surface area (Å²) in [6, 6.07) is 19.6. The van der Waals surface area contributed by atoms with Crippen molar-refractivity contribution >= 4 is 5.97 Å². The molecule has 0 radical (unpaired) electrons. The van der Waals surface area contributed by atoms with Gasteiger partial charge in [-0.25, -0.2) is 9.78 Å². The Morgan fingerprint density at radius 3 is 2.33 bits per heavy atom. The van der Waals surface area contributed by atoms with Gasteiger partial charge in [-0.2, -0.15) is 0 Å². The number of nitrogens with zero attached hydrogens (tertiary/aromatic N) is 2. The molecule has 0 saturated carbocycles. The highest BCUT2D eigenvalue weighted by molar-refractivity contribution is 5.89. The molecule has 1 heterocycles. The monoisotopic (exact) mass is 364 g/mol. The van der Waals surface area contributed by atoms with E-state index in [2.05, 4.69) is 4.98 Å². The van der Waals surface area contributed by atoms with Crippen molar-refractivity contribution in [2.45, 2.75) is 33.4 Å². The van der Waals surface area contributed by atoms with Crippen molar-refractivity contribution in [1.82, 2.24) is 9.55 Å². The topological polar surface area (TPSA) is 53.4 Å². The lowest BCUT2D eigenvalue weighted by Gasteiger charge is -2.17. The van der Waals surface area contributed by atoms with Crippen LogP contribution in [0.2, 0.25) is 0 Å². The van der Waals surface area contributed by atoms with Crippen molar-refractivity contribution in [3.63, 3.8) is 0 Å². The molecule has 3 rings (SSSR count). The second-order valence-electron chi connectivity index (χ2n) is 6.27. The van der Waals surface area contributed by atoms with Crippen LogP contribution >= 0.6 is 0 Å². The minimum Gasteiger partial charge on any atom is -0.483 e. The van der Waals surface area contributed by atoms with E-state index in [0.29, 0.717) is 30.4 Å². The Hall–Kier alpha value is -3.08. The number of hydrogen-bond donors (Lipinski definition) is 0. The third-order valence-electron chi connectivity index (χ3n) is 4.24. The van der Waals surface area contributed by atoms with Crippen LogP contribution in [-0.4, -0.2) is 22.1 Å². The maximum Gasteiger partial charge on any atom is 0.356 e. The van der Waals surface area contributed by atoms with Gasteiger partial charge in [0.05, 0.1) is 12.3 Å². The molecular weight excluding hydrogens is 340 g/mol. The first-order valence-electron chi connectivity index (χ1n) is 9.10. The Morgan fingerprint density at radius 1 is 1.07 bits per heavy atom. The van der Waals surface area contributed by atoms with Gasteiger partial charge in [0, 0.05) is 6.54 Å². The quantitative estimate of drug-likeness (QED) is 0.577. The zero-order chi connectivity index (χ0) is 19.2. The van der Waals surface area contributed by atoms with E-state index >= 15 is 0 Å². The number of benzene rings is 2. The van der Waals surface area contributed by atoms with Gasteiger partial charge < -0.3 is 14.0 Å². The van der Waals surface area contributed by atoms with Gasteiger partial charge in [-0.05, 0) is 38.5 Å². The average molecular weight is 364 g/mol. The molecule has 0 aliphatic carbocycles. The molecule has 5 nitrogen and oxygen atoms in total. The van der Waals surface area contributed by atoms with Crippen LogP contribution in [0, 0.1) is 6.92 Å². The van der Waals surface area contributed by atoms with E-state index in [1.807, 2.05) is 79.1 Å². The molecule has 140 valence electrons. The predicted octanol–water partition coefficient (Wildman–Crippen LogP) is 4.56. The Morgan fingerprint density at radius 2 is 1.70 bits per heavy atom. The Bertz CT molecular complexity index is 889. The standard InChI is InChI=1S/C22H24N2O3/c1-4-26-22(25)20-16(2)23-21(17(3)27-19-13-9-6-10-14-19)24(20)15-18-11-7-5-8-12-18/h5-14,17H,4,15H2,1-3H3. The van der Waals surface area contributed by atoms with E-state index in [1.165, 1.54) is 0 Å². The second-order valence-corrected chi connectivity index (χ2v) is 6.27. The summed E-state index contributed by atoms with van der Waals surface area (Å²) < 4.78 is 13.2. The number of esters is 1. The minimum atomic E-state index is -0.364. The van der Waals surface area contributed by atoms with Gasteiger partial charge in [0.25, 0.3) is 0 Å². The van der Waals surface area contributed by atoms with Crippen molar-refractivity contribution in [1.29, 1.82) is 0 Å². The molecule has 2 aromatic carbocycles. The Balaban J connectivity index is 1.99. The molecule has 0 spiro atoms. The number of hydrogen-bond acceptors (Lipinski definition) is 4. The molecule has 27 heavy (non-hydrogen) atoms. The van der Waals surface area contributed by atoms with Crippen LogP contribution in [0.5, 0.6) is 5.75 Å². The summed E-state index contributed by atoms with van der Waals surface area (Å²) in [5, 5.41) is 0. The van der Waals surface area contributed by atoms with Crippen LogP contribution in [0.15, 0.2) is 60.7 Å². The van der Waals surface area contributed by atoms with Crippen molar-refractivity contribution in [3.05, 3.63) is 83.4 Å². The van der Waals surface area contributed by atoms with E-state index in [1.54, 1.807) is 6.92 Å². The molecular formula is C22H24N2O3. The van der Waals surface area contributed by atoms with Gasteiger partial charge in [-0.1, -0.05) is 48.5 Å².